The molecule has 21 heavy (non-hydrogen) atoms. The van der Waals surface area contributed by atoms with Crippen LogP contribution in [-0.2, 0) is 16.0 Å². The molecule has 0 aromatic heterocycles. The molecule has 1 aliphatic carbocycles. The Bertz CT molecular complexity index is 542. The summed E-state index contributed by atoms with van der Waals surface area (Å²) >= 11 is 0. The number of rotatable bonds is 4. The van der Waals surface area contributed by atoms with Crippen LogP contribution < -0.4 is 10.6 Å². The van der Waals surface area contributed by atoms with Crippen molar-refractivity contribution in [2.24, 2.45) is 5.92 Å². The third-order valence-electron chi connectivity index (χ3n) is 3.81. The van der Waals surface area contributed by atoms with Gasteiger partial charge in [0.2, 0.25) is 11.8 Å². The van der Waals surface area contributed by atoms with Crippen molar-refractivity contribution >= 4 is 11.8 Å². The summed E-state index contributed by atoms with van der Waals surface area (Å²) in [7, 11) is 0. The molecule has 0 heterocycles. The fourth-order valence-corrected chi connectivity index (χ4v) is 2.74. The maximum atomic E-state index is 12.4. The summed E-state index contributed by atoms with van der Waals surface area (Å²) in [6.07, 6.45) is -0.0929. The van der Waals surface area contributed by atoms with Crippen LogP contribution in [0, 0.1) is 5.92 Å². The van der Waals surface area contributed by atoms with Crippen molar-refractivity contribution < 1.29 is 14.7 Å². The van der Waals surface area contributed by atoms with Crippen LogP contribution in [0.15, 0.2) is 24.3 Å². The fraction of sp³-hybridized carbons (Fsp3) is 0.500. The van der Waals surface area contributed by atoms with Gasteiger partial charge in [0, 0.05) is 13.3 Å². The van der Waals surface area contributed by atoms with E-state index < -0.39 is 18.2 Å². The van der Waals surface area contributed by atoms with Crippen molar-refractivity contribution in [3.05, 3.63) is 35.4 Å². The van der Waals surface area contributed by atoms with Crippen LogP contribution in [0.1, 0.15) is 37.9 Å². The lowest BCUT2D eigenvalue weighted by atomic mass is 10.0. The Labute approximate surface area is 124 Å². The number of hydrogen-bond donors (Lipinski definition) is 3. The first-order chi connectivity index (χ1) is 9.90. The Kier molecular flexibility index (Phi) is 4.63. The normalized spacial score (nSPS) is 21.8. The minimum Gasteiger partial charge on any atom is -0.390 e. The zero-order valence-corrected chi connectivity index (χ0v) is 12.6. The predicted octanol–water partition coefficient (Wildman–Crippen LogP) is 0.922. The highest BCUT2D eigenvalue weighted by atomic mass is 16.3. The van der Waals surface area contributed by atoms with Crippen LogP contribution in [0.5, 0.6) is 0 Å². The number of carbonyl (C=O) groups excluding carboxylic acids is 2. The first-order valence-electron chi connectivity index (χ1n) is 7.23. The van der Waals surface area contributed by atoms with Gasteiger partial charge in [-0.05, 0) is 17.0 Å². The van der Waals surface area contributed by atoms with Gasteiger partial charge in [0.25, 0.3) is 0 Å². The second-order valence-electron chi connectivity index (χ2n) is 5.88. The standard InChI is InChI=1S/C16H22N2O3/c1-9(2)14(17-10(3)19)16(21)18-15-12-7-5-4-6-11(12)8-13(15)20/h4-7,9,13-15,20H,8H2,1-3H3,(H,17,19)(H,18,21)/t13-,14?,15+/m1/s1. The molecule has 0 bridgehead atoms. The number of hydrogen-bond acceptors (Lipinski definition) is 3. The topological polar surface area (TPSA) is 78.4 Å². The minimum atomic E-state index is -0.628. The first kappa shape index (κ1) is 15.5. The SMILES string of the molecule is CC(=O)NC(C(=O)N[C@H]1c2ccccc2C[C@H]1O)C(C)C. The van der Waals surface area contributed by atoms with Gasteiger partial charge < -0.3 is 15.7 Å². The van der Waals surface area contributed by atoms with E-state index >= 15 is 0 Å². The number of benzene rings is 1. The van der Waals surface area contributed by atoms with E-state index in [2.05, 4.69) is 10.6 Å². The zero-order valence-electron chi connectivity index (χ0n) is 12.6. The van der Waals surface area contributed by atoms with Gasteiger partial charge in [-0.25, -0.2) is 0 Å². The highest BCUT2D eigenvalue weighted by Crippen LogP contribution is 2.31. The number of amides is 2. The third-order valence-corrected chi connectivity index (χ3v) is 3.81. The van der Waals surface area contributed by atoms with E-state index in [1.807, 2.05) is 38.1 Å². The van der Waals surface area contributed by atoms with Crippen LogP contribution in [0.4, 0.5) is 0 Å². The highest BCUT2D eigenvalue weighted by molar-refractivity contribution is 5.87. The molecule has 1 aliphatic rings. The fourth-order valence-electron chi connectivity index (χ4n) is 2.74. The number of fused-ring (bicyclic) bond motifs is 1. The Morgan fingerprint density at radius 1 is 1.29 bits per heavy atom. The van der Waals surface area contributed by atoms with Crippen LogP contribution in [0.2, 0.25) is 0 Å². The average Bonchev–Trinajstić information content (AvgIpc) is 2.72. The van der Waals surface area contributed by atoms with Gasteiger partial charge in [0.15, 0.2) is 0 Å². The summed E-state index contributed by atoms with van der Waals surface area (Å²) in [4.78, 5) is 23.6. The largest absolute Gasteiger partial charge is 0.390 e. The van der Waals surface area contributed by atoms with Crippen LogP contribution in [-0.4, -0.2) is 29.1 Å². The Hall–Kier alpha value is -1.88. The van der Waals surface area contributed by atoms with Crippen LogP contribution in [0.3, 0.4) is 0 Å². The van der Waals surface area contributed by atoms with Gasteiger partial charge in [-0.3, -0.25) is 9.59 Å². The molecule has 0 spiro atoms. The molecule has 1 unspecified atom stereocenters. The van der Waals surface area contributed by atoms with E-state index in [1.165, 1.54) is 6.92 Å². The molecular formula is C16H22N2O3. The lowest BCUT2D eigenvalue weighted by molar-refractivity contribution is -0.130. The third kappa shape index (κ3) is 3.42. The molecule has 0 saturated carbocycles. The molecule has 5 heteroatoms. The van der Waals surface area contributed by atoms with Crippen molar-refractivity contribution in [2.75, 3.05) is 0 Å². The number of nitrogens with one attached hydrogen (secondary N) is 2. The summed E-state index contributed by atoms with van der Waals surface area (Å²) in [6, 6.07) is 6.68. The minimum absolute atomic E-state index is 0.0253. The molecule has 0 saturated heterocycles. The molecule has 1 aromatic rings. The van der Waals surface area contributed by atoms with Gasteiger partial charge >= 0.3 is 0 Å². The van der Waals surface area contributed by atoms with Crippen LogP contribution in [0.25, 0.3) is 0 Å². The zero-order chi connectivity index (χ0) is 15.6. The average molecular weight is 290 g/mol. The number of aliphatic hydroxyl groups is 1. The molecule has 1 aromatic carbocycles. The summed E-state index contributed by atoms with van der Waals surface area (Å²) < 4.78 is 0. The van der Waals surface area contributed by atoms with Crippen LogP contribution >= 0.6 is 0 Å². The van der Waals surface area contributed by atoms with Gasteiger partial charge in [-0.1, -0.05) is 38.1 Å². The lowest BCUT2D eigenvalue weighted by Gasteiger charge is -2.25. The molecule has 2 amide bonds. The van der Waals surface area contributed by atoms with Crippen molar-refractivity contribution in [3.63, 3.8) is 0 Å². The highest BCUT2D eigenvalue weighted by Gasteiger charge is 2.34. The number of carbonyl (C=O) groups is 2. The first-order valence-corrected chi connectivity index (χ1v) is 7.23. The second-order valence-corrected chi connectivity index (χ2v) is 5.88. The second kappa shape index (κ2) is 6.26. The Balaban J connectivity index is 2.13. The maximum absolute atomic E-state index is 12.4. The lowest BCUT2D eigenvalue weighted by Crippen LogP contribution is -2.50. The van der Waals surface area contributed by atoms with E-state index in [0.717, 1.165) is 11.1 Å². The molecular weight excluding hydrogens is 268 g/mol. The molecule has 0 fully saturated rings. The van der Waals surface area contributed by atoms with Crippen molar-refractivity contribution in [1.82, 2.24) is 10.6 Å². The van der Waals surface area contributed by atoms with E-state index in [4.69, 9.17) is 0 Å². The van der Waals surface area contributed by atoms with E-state index in [-0.39, 0.29) is 17.7 Å². The van der Waals surface area contributed by atoms with Gasteiger partial charge in [0.05, 0.1) is 12.1 Å². The molecule has 114 valence electrons. The smallest absolute Gasteiger partial charge is 0.243 e. The van der Waals surface area contributed by atoms with Gasteiger partial charge in [-0.15, -0.1) is 0 Å². The van der Waals surface area contributed by atoms with Crippen molar-refractivity contribution in [1.29, 1.82) is 0 Å². The molecule has 2 rings (SSSR count). The Morgan fingerprint density at radius 2 is 1.95 bits per heavy atom. The molecule has 3 N–H and O–H groups in total. The maximum Gasteiger partial charge on any atom is 0.243 e. The molecule has 3 atom stereocenters. The Morgan fingerprint density at radius 3 is 2.57 bits per heavy atom. The molecule has 5 nitrogen and oxygen atoms in total. The van der Waals surface area contributed by atoms with Gasteiger partial charge in [0.1, 0.15) is 6.04 Å². The van der Waals surface area contributed by atoms with E-state index in [0.29, 0.717) is 6.42 Å². The summed E-state index contributed by atoms with van der Waals surface area (Å²) in [5.74, 6) is -0.528. The van der Waals surface area contributed by atoms with E-state index in [1.54, 1.807) is 0 Å². The molecule has 0 aliphatic heterocycles. The van der Waals surface area contributed by atoms with E-state index in [9.17, 15) is 14.7 Å². The number of aliphatic hydroxyl groups excluding tert-OH is 1. The summed E-state index contributed by atoms with van der Waals surface area (Å²) in [5, 5.41) is 15.7. The monoisotopic (exact) mass is 290 g/mol. The predicted molar refractivity (Wildman–Crippen MR) is 79.5 cm³/mol. The van der Waals surface area contributed by atoms with Crippen molar-refractivity contribution in [3.8, 4) is 0 Å². The quantitative estimate of drug-likeness (QED) is 0.771. The summed E-state index contributed by atoms with van der Waals surface area (Å²) in [6.45, 7) is 5.14. The molecule has 0 radical (unpaired) electrons. The van der Waals surface area contributed by atoms with Gasteiger partial charge in [-0.2, -0.15) is 0 Å². The van der Waals surface area contributed by atoms with Crippen molar-refractivity contribution in [2.45, 2.75) is 45.4 Å². The summed E-state index contributed by atoms with van der Waals surface area (Å²) in [5.41, 5.74) is 2.00.